The highest BCUT2D eigenvalue weighted by Gasteiger charge is 2.45. The van der Waals surface area contributed by atoms with Gasteiger partial charge in [0.05, 0.1) is 17.5 Å². The molecule has 69 heavy (non-hydrogen) atoms. The van der Waals surface area contributed by atoms with Gasteiger partial charge in [-0.3, -0.25) is 24.0 Å². The summed E-state index contributed by atoms with van der Waals surface area (Å²) >= 11 is 0. The lowest BCUT2D eigenvalue weighted by Crippen LogP contribution is -2.54. The molecule has 0 rings (SSSR count). The Hall–Kier alpha value is -3.23. The Morgan fingerprint density at radius 1 is 0.638 bits per heavy atom. The number of nitrogens with zero attached hydrogens (tertiary/aromatic N) is 1. The number of hydrogen-bond donors (Lipinski definition) is 4. The summed E-state index contributed by atoms with van der Waals surface area (Å²) in [5, 5.41) is 22.0. The van der Waals surface area contributed by atoms with Gasteiger partial charge in [-0.1, -0.05) is 155 Å². The fraction of sp³-hybridized carbons (Fsp3) is 0.830. The number of hydroxylamine groups is 1. The number of unbranched alkanes of at least 4 members (excludes halogenated alkanes) is 22. The number of hydrogen-bond acceptors (Lipinski definition) is 11. The number of carbonyl (C=O) groups excluding carboxylic acids is 4. The molecular weight excluding hydrogens is 904 g/mol. The normalized spacial score (nSPS) is 14.0. The van der Waals surface area contributed by atoms with Crippen LogP contribution in [0.2, 0.25) is 0 Å². The predicted octanol–water partition coefficient (Wildman–Crippen LogP) is 12.7. The summed E-state index contributed by atoms with van der Waals surface area (Å²) in [7, 11) is -3.54. The average molecular weight is 1000 g/mol. The summed E-state index contributed by atoms with van der Waals surface area (Å²) < 4.78 is 29.4. The molecule has 5 atom stereocenters. The van der Waals surface area contributed by atoms with Crippen LogP contribution < -0.4 is 5.32 Å². The standard InChI is InChI=1S/C53H95N2O13P/c1-8-10-12-14-16-18-20-22-24-26-28-30-32-34-36-38-47(57)66-46(42-65-55(69(63)64)45(41-56)51(60)61)50(49(59)44(40-43(3)4)54-52(62)68-53(5,6)7)67-48(58)39-37-35-33-31-29-27-25-23-21-19-17-15-13-11-9-2/h22-25,43-46,50,56H,8-21,26-42H2,1-7H3,(H2-,54,60,61,62,63,64)/p+1/b24-22-,25-23-/t44-,45-,46-,50?/m0/s1. The average Bonchev–Trinajstić information content (AvgIpc) is 3.27. The van der Waals surface area contributed by atoms with E-state index in [1.807, 2.05) is 13.8 Å². The van der Waals surface area contributed by atoms with Crippen molar-refractivity contribution in [2.24, 2.45) is 5.92 Å². The summed E-state index contributed by atoms with van der Waals surface area (Å²) in [6, 6.07) is -3.31. The molecule has 0 spiro atoms. The molecule has 0 radical (unpaired) electrons. The monoisotopic (exact) mass is 1000 g/mol. The topological polar surface area (TPSA) is 215 Å². The molecule has 0 aromatic heterocycles. The Kier molecular flexibility index (Phi) is 40.5. The van der Waals surface area contributed by atoms with Gasteiger partial charge >= 0.3 is 32.2 Å². The Labute approximate surface area is 417 Å². The highest BCUT2D eigenvalue weighted by molar-refractivity contribution is 7.35. The molecule has 4 N–H and O–H groups in total. The molecule has 400 valence electrons. The first kappa shape index (κ1) is 65.8. The third-order valence-corrected chi connectivity index (χ3v) is 12.2. The van der Waals surface area contributed by atoms with Crippen LogP contribution >= 0.6 is 8.18 Å². The first-order valence-corrected chi connectivity index (χ1v) is 27.8. The molecule has 0 aliphatic rings. The maximum Gasteiger partial charge on any atom is 0.640 e. The third-order valence-electron chi connectivity index (χ3n) is 11.5. The van der Waals surface area contributed by atoms with Crippen molar-refractivity contribution in [3.05, 3.63) is 24.3 Å². The van der Waals surface area contributed by atoms with Crippen molar-refractivity contribution in [3.8, 4) is 0 Å². The van der Waals surface area contributed by atoms with Crippen molar-refractivity contribution in [2.45, 2.75) is 265 Å². The zero-order chi connectivity index (χ0) is 51.7. The zero-order valence-corrected chi connectivity index (χ0v) is 44.8. The number of aliphatic hydroxyl groups excluding tert-OH is 1. The van der Waals surface area contributed by atoms with Gasteiger partial charge in [0, 0.05) is 12.8 Å². The lowest BCUT2D eigenvalue weighted by molar-refractivity contribution is -0.199. The molecule has 0 aromatic rings. The van der Waals surface area contributed by atoms with Gasteiger partial charge in [-0.2, -0.15) is 0 Å². The molecule has 0 bridgehead atoms. The summed E-state index contributed by atoms with van der Waals surface area (Å²) in [6.45, 7) is 11.0. The number of allylic oxidation sites excluding steroid dienone is 4. The number of nitrogens with one attached hydrogen (secondary N) is 1. The number of carboxylic acids is 1. The molecule has 0 aromatic carbocycles. The molecule has 0 saturated heterocycles. The SMILES string of the molecule is CCCCCCCC/C=C\CCCCCCCC(=O)OC(C(=O)[C@H](CC(C)C)NC(=O)OC(C)(C)C)[C@H](CON([C@@H](CO)C(=O)O)[P+](=O)O)OC(=O)CCCCCCC/C=C\CCCCCCCC. The number of carboxylic acid groups (broad SMARTS) is 1. The van der Waals surface area contributed by atoms with E-state index in [4.69, 9.17) is 19.0 Å². The Morgan fingerprint density at radius 3 is 1.42 bits per heavy atom. The van der Waals surface area contributed by atoms with Crippen LogP contribution in [0.25, 0.3) is 0 Å². The van der Waals surface area contributed by atoms with Crippen molar-refractivity contribution in [1.82, 2.24) is 10.2 Å². The van der Waals surface area contributed by atoms with E-state index in [0.29, 0.717) is 12.8 Å². The van der Waals surface area contributed by atoms with Gasteiger partial charge in [0.15, 0.2) is 11.9 Å². The molecule has 2 unspecified atom stereocenters. The highest BCUT2D eigenvalue weighted by Crippen LogP contribution is 2.27. The van der Waals surface area contributed by atoms with Crippen LogP contribution in [-0.2, 0) is 42.8 Å². The summed E-state index contributed by atoms with van der Waals surface area (Å²) in [6.07, 6.45) is 31.9. The van der Waals surface area contributed by atoms with Crippen molar-refractivity contribution >= 4 is 38.0 Å². The van der Waals surface area contributed by atoms with E-state index in [0.717, 1.165) is 77.0 Å². The van der Waals surface area contributed by atoms with Crippen LogP contribution in [0.15, 0.2) is 24.3 Å². The highest BCUT2D eigenvalue weighted by atomic mass is 31.1. The minimum Gasteiger partial charge on any atom is -0.480 e. The van der Waals surface area contributed by atoms with Crippen LogP contribution in [-0.4, -0.2) is 92.8 Å². The van der Waals surface area contributed by atoms with E-state index in [-0.39, 0.29) is 30.0 Å². The Morgan fingerprint density at radius 2 is 1.04 bits per heavy atom. The number of carbonyl (C=O) groups is 5. The first-order valence-electron chi connectivity index (χ1n) is 26.6. The number of amides is 1. The molecule has 0 saturated carbocycles. The molecule has 0 aliphatic heterocycles. The van der Waals surface area contributed by atoms with Gasteiger partial charge < -0.3 is 29.7 Å². The molecule has 16 heteroatoms. The van der Waals surface area contributed by atoms with Crippen molar-refractivity contribution in [1.29, 1.82) is 0 Å². The molecule has 0 heterocycles. The fourth-order valence-corrected chi connectivity index (χ4v) is 8.20. The van der Waals surface area contributed by atoms with Crippen LogP contribution in [0.5, 0.6) is 0 Å². The van der Waals surface area contributed by atoms with Gasteiger partial charge in [0.2, 0.25) is 12.1 Å². The van der Waals surface area contributed by atoms with E-state index in [9.17, 15) is 43.6 Å². The quantitative estimate of drug-likeness (QED) is 0.0112. The Bertz CT molecular complexity index is 1450. The number of esters is 2. The number of ether oxygens (including phenoxy) is 3. The summed E-state index contributed by atoms with van der Waals surface area (Å²) in [4.78, 5) is 82.1. The van der Waals surface area contributed by atoms with Gasteiger partial charge in [-0.15, -0.1) is 4.89 Å². The van der Waals surface area contributed by atoms with E-state index in [2.05, 4.69) is 43.5 Å². The van der Waals surface area contributed by atoms with Crippen LogP contribution in [0, 0.1) is 5.92 Å². The van der Waals surface area contributed by atoms with Crippen LogP contribution in [0.3, 0.4) is 0 Å². The zero-order valence-electron chi connectivity index (χ0n) is 43.9. The molecule has 1 amide bonds. The lowest BCUT2D eigenvalue weighted by atomic mass is 9.95. The van der Waals surface area contributed by atoms with Crippen molar-refractivity contribution in [2.75, 3.05) is 13.2 Å². The maximum absolute atomic E-state index is 14.6. The first-order chi connectivity index (χ1) is 33.0. The van der Waals surface area contributed by atoms with E-state index >= 15 is 0 Å². The summed E-state index contributed by atoms with van der Waals surface area (Å²) in [5.74, 6) is -4.27. The number of alkyl carbamates (subject to hydrolysis) is 1. The minimum absolute atomic E-state index is 0.0665. The number of ketones is 1. The molecule has 0 aliphatic carbocycles. The predicted molar refractivity (Wildman–Crippen MR) is 272 cm³/mol. The second-order valence-corrected chi connectivity index (χ2v) is 20.6. The smallest absolute Gasteiger partial charge is 0.480 e. The number of rotatable bonds is 45. The van der Waals surface area contributed by atoms with Gasteiger partial charge in [-0.25, -0.2) is 4.79 Å². The van der Waals surface area contributed by atoms with Crippen molar-refractivity contribution in [3.63, 3.8) is 0 Å². The van der Waals surface area contributed by atoms with Crippen molar-refractivity contribution < 1.29 is 62.7 Å². The number of aliphatic carboxylic acids is 1. The number of Topliss-reactive ketones (excluding diaryl/α,β-unsaturated/α-hetero) is 1. The van der Waals surface area contributed by atoms with Gasteiger partial charge in [-0.05, 0) is 102 Å². The molecular formula is C53H96N2O13P+. The Balaban J connectivity index is 6.01. The van der Waals surface area contributed by atoms with E-state index < -0.39 is 81.1 Å². The second kappa shape index (κ2) is 42.5. The van der Waals surface area contributed by atoms with Gasteiger partial charge in [0.1, 0.15) is 12.2 Å². The van der Waals surface area contributed by atoms with E-state index in [1.54, 1.807) is 20.8 Å². The molecule has 15 nitrogen and oxygen atoms in total. The molecule has 0 fully saturated rings. The van der Waals surface area contributed by atoms with Crippen LogP contribution in [0.1, 0.15) is 235 Å². The third kappa shape index (κ3) is 37.3. The largest absolute Gasteiger partial charge is 0.640 e. The number of aliphatic hydroxyl groups is 1. The second-order valence-electron chi connectivity index (χ2n) is 19.7. The lowest BCUT2D eigenvalue weighted by Gasteiger charge is -2.30. The minimum atomic E-state index is -3.54. The maximum atomic E-state index is 14.6. The van der Waals surface area contributed by atoms with Gasteiger partial charge in [0.25, 0.3) is 0 Å². The van der Waals surface area contributed by atoms with E-state index in [1.165, 1.54) is 77.0 Å². The summed E-state index contributed by atoms with van der Waals surface area (Å²) in [5.41, 5.74) is -0.918. The fourth-order valence-electron chi connectivity index (χ4n) is 7.63. The van der Waals surface area contributed by atoms with Crippen LogP contribution in [0.4, 0.5) is 4.79 Å².